The number of nitrogens with zero attached hydrogens (tertiary/aromatic N) is 2. The first-order chi connectivity index (χ1) is 14.9. The van der Waals surface area contributed by atoms with Crippen molar-refractivity contribution in [2.75, 3.05) is 44.3 Å². The third kappa shape index (κ3) is 7.48. The number of nitrogens with two attached hydrogens (primary N) is 1. The van der Waals surface area contributed by atoms with Crippen molar-refractivity contribution in [2.24, 2.45) is 0 Å². The molecular formula is C22H32N4O5. The van der Waals surface area contributed by atoms with E-state index in [0.717, 1.165) is 26.5 Å². The number of benzene rings is 2. The molecule has 1 aliphatic rings. The van der Waals surface area contributed by atoms with Crippen LogP contribution in [0.5, 0.6) is 0 Å². The number of β-amino-alcohol motifs (C(OH)–C–C–N with tert-alkyl or cyclic N) is 2. The summed E-state index contributed by atoms with van der Waals surface area (Å²) >= 11 is 0. The molecule has 0 aromatic heterocycles. The molecule has 9 nitrogen and oxygen atoms in total. The third-order valence-corrected chi connectivity index (χ3v) is 5.23. The molecule has 2 unspecified atom stereocenters. The lowest BCUT2D eigenvalue weighted by atomic mass is 10.00. The highest BCUT2D eigenvalue weighted by Gasteiger charge is 2.24. The van der Waals surface area contributed by atoms with E-state index in [2.05, 4.69) is 22.3 Å². The second-order valence-electron chi connectivity index (χ2n) is 7.53. The number of aliphatic hydroxyl groups excluding tert-OH is 3. The molecule has 1 heterocycles. The molecule has 9 heteroatoms. The normalized spacial score (nSPS) is 18.7. The van der Waals surface area contributed by atoms with Crippen LogP contribution < -0.4 is 11.1 Å². The lowest BCUT2D eigenvalue weighted by molar-refractivity contribution is -0.383. The van der Waals surface area contributed by atoms with Gasteiger partial charge in [0.15, 0.2) is 0 Å². The first kappa shape index (κ1) is 24.5. The molecule has 0 radical (unpaired) electrons. The topological polar surface area (TPSA) is 145 Å². The number of nitro groups is 1. The minimum atomic E-state index is -0.478. The maximum absolute atomic E-state index is 11.2. The number of likely N-dealkylation sites (tertiary alicyclic amines) is 1. The summed E-state index contributed by atoms with van der Waals surface area (Å²) in [4.78, 5) is 12.9. The van der Waals surface area contributed by atoms with Crippen LogP contribution in [0.1, 0.15) is 17.5 Å². The molecular weight excluding hydrogens is 400 g/mol. The van der Waals surface area contributed by atoms with Gasteiger partial charge in [-0.05, 0) is 36.1 Å². The van der Waals surface area contributed by atoms with Gasteiger partial charge in [-0.25, -0.2) is 0 Å². The smallest absolute Gasteiger partial charge is 0.294 e. The maximum atomic E-state index is 11.2. The minimum Gasteiger partial charge on any atom is -0.400 e. The fourth-order valence-electron chi connectivity index (χ4n) is 3.82. The maximum Gasteiger partial charge on any atom is 0.294 e. The van der Waals surface area contributed by atoms with E-state index in [1.165, 1.54) is 17.2 Å². The van der Waals surface area contributed by atoms with Gasteiger partial charge in [0.1, 0.15) is 5.69 Å². The van der Waals surface area contributed by atoms with Crippen molar-refractivity contribution >= 4 is 17.1 Å². The molecule has 1 aliphatic heterocycles. The predicted octanol–water partition coefficient (Wildman–Crippen LogP) is 1.41. The average Bonchev–Trinajstić information content (AvgIpc) is 2.74. The zero-order valence-electron chi connectivity index (χ0n) is 17.8. The monoisotopic (exact) mass is 432 g/mol. The Balaban J connectivity index is 0.00000166. The minimum absolute atomic E-state index is 0.0273. The zero-order valence-corrected chi connectivity index (χ0v) is 17.8. The fraction of sp³-hybridized carbons (Fsp3) is 0.455. The van der Waals surface area contributed by atoms with E-state index in [-0.39, 0.29) is 5.69 Å². The summed E-state index contributed by atoms with van der Waals surface area (Å²) in [5, 5.41) is 41.0. The number of anilines is 2. The van der Waals surface area contributed by atoms with Crippen molar-refractivity contribution in [3.05, 3.63) is 63.7 Å². The van der Waals surface area contributed by atoms with Crippen LogP contribution in [-0.2, 0) is 12.8 Å². The van der Waals surface area contributed by atoms with Crippen LogP contribution in [0.3, 0.4) is 0 Å². The first-order valence-corrected chi connectivity index (χ1v) is 10.3. The highest BCUT2D eigenvalue weighted by atomic mass is 16.6. The summed E-state index contributed by atoms with van der Waals surface area (Å²) in [6.45, 7) is 2.49. The number of aliphatic hydroxyl groups is 3. The molecule has 2 aromatic rings. The van der Waals surface area contributed by atoms with E-state index >= 15 is 0 Å². The van der Waals surface area contributed by atoms with Gasteiger partial charge < -0.3 is 26.4 Å². The Morgan fingerprint density at radius 2 is 1.71 bits per heavy atom. The fourth-order valence-corrected chi connectivity index (χ4v) is 3.82. The van der Waals surface area contributed by atoms with E-state index < -0.39 is 17.1 Å². The van der Waals surface area contributed by atoms with Gasteiger partial charge in [0, 0.05) is 51.5 Å². The Hall–Kier alpha value is -2.72. The van der Waals surface area contributed by atoms with Gasteiger partial charge in [-0.3, -0.25) is 15.0 Å². The predicted molar refractivity (Wildman–Crippen MR) is 121 cm³/mol. The Morgan fingerprint density at radius 1 is 1.10 bits per heavy atom. The van der Waals surface area contributed by atoms with Crippen LogP contribution in [0.2, 0.25) is 0 Å². The summed E-state index contributed by atoms with van der Waals surface area (Å²) in [5.41, 5.74) is 8.82. The lowest BCUT2D eigenvalue weighted by Crippen LogP contribution is -2.46. The quantitative estimate of drug-likeness (QED) is 0.239. The van der Waals surface area contributed by atoms with Gasteiger partial charge in [0.2, 0.25) is 0 Å². The lowest BCUT2D eigenvalue weighted by Gasteiger charge is -2.33. The number of hydrogen-bond donors (Lipinski definition) is 5. The average molecular weight is 433 g/mol. The molecule has 0 saturated carbocycles. The van der Waals surface area contributed by atoms with E-state index in [0.29, 0.717) is 37.4 Å². The van der Waals surface area contributed by atoms with E-state index in [1.807, 2.05) is 12.1 Å². The molecule has 0 aliphatic carbocycles. The number of nitrogens with one attached hydrogen (secondary N) is 1. The molecule has 0 spiro atoms. The summed E-state index contributed by atoms with van der Waals surface area (Å²) in [6.07, 6.45) is 1.03. The Bertz CT molecular complexity index is 838. The van der Waals surface area contributed by atoms with E-state index in [1.54, 1.807) is 12.1 Å². The van der Waals surface area contributed by atoms with Crippen molar-refractivity contribution in [1.29, 1.82) is 0 Å². The Morgan fingerprint density at radius 3 is 2.32 bits per heavy atom. The van der Waals surface area contributed by atoms with Crippen molar-refractivity contribution in [1.82, 2.24) is 4.90 Å². The molecule has 1 saturated heterocycles. The van der Waals surface area contributed by atoms with Crippen LogP contribution in [0.4, 0.5) is 17.1 Å². The van der Waals surface area contributed by atoms with Crippen LogP contribution in [-0.4, -0.2) is 70.6 Å². The molecule has 3 rings (SSSR count). The van der Waals surface area contributed by atoms with Gasteiger partial charge in [-0.2, -0.15) is 0 Å². The molecule has 31 heavy (non-hydrogen) atoms. The van der Waals surface area contributed by atoms with Crippen LogP contribution in [0.15, 0.2) is 42.5 Å². The summed E-state index contributed by atoms with van der Waals surface area (Å²) in [6, 6.07) is 12.8. The van der Waals surface area contributed by atoms with Crippen LogP contribution in [0.25, 0.3) is 0 Å². The highest BCUT2D eigenvalue weighted by Crippen LogP contribution is 2.26. The van der Waals surface area contributed by atoms with Crippen LogP contribution in [0, 0.1) is 10.1 Å². The number of piperidine rings is 1. The van der Waals surface area contributed by atoms with Crippen molar-refractivity contribution < 1.29 is 20.2 Å². The molecule has 2 atom stereocenters. The summed E-state index contributed by atoms with van der Waals surface area (Å²) in [5.74, 6) is 0. The number of rotatable bonds is 8. The van der Waals surface area contributed by atoms with Gasteiger partial charge in [0.25, 0.3) is 5.69 Å². The molecule has 6 N–H and O–H groups in total. The van der Waals surface area contributed by atoms with E-state index in [9.17, 15) is 20.3 Å². The molecule has 170 valence electrons. The van der Waals surface area contributed by atoms with Gasteiger partial charge in [0.05, 0.1) is 17.1 Å². The highest BCUT2D eigenvalue weighted by molar-refractivity contribution is 5.66. The zero-order chi connectivity index (χ0) is 22.8. The Labute approximate surface area is 182 Å². The van der Waals surface area contributed by atoms with Gasteiger partial charge in [-0.15, -0.1) is 0 Å². The van der Waals surface area contributed by atoms with Crippen molar-refractivity contribution in [3.63, 3.8) is 0 Å². The second kappa shape index (κ2) is 12.2. The molecule has 0 amide bonds. The summed E-state index contributed by atoms with van der Waals surface area (Å²) < 4.78 is 0. The molecule has 2 aromatic carbocycles. The third-order valence-electron chi connectivity index (χ3n) is 5.23. The SMILES string of the molecule is CO.Nc1ccc(NCCc2ccccc2CCN2CC(O)CC(O)C2)c([N+](=O)[O-])c1. The largest absolute Gasteiger partial charge is 0.400 e. The molecule has 1 fully saturated rings. The summed E-state index contributed by atoms with van der Waals surface area (Å²) in [7, 11) is 1.00. The van der Waals surface area contributed by atoms with Crippen molar-refractivity contribution in [3.8, 4) is 0 Å². The standard InChI is InChI=1S/C21H28N4O4.CH4O/c22-17-5-6-20(21(11-17)25(28)29)23-9-7-15-3-1-2-4-16(15)8-10-24-13-18(26)12-19(27)14-24;1-2/h1-6,11,18-19,23,26-27H,7-10,12-14,22H2;2H,1H3. The number of hydrogen-bond acceptors (Lipinski definition) is 8. The van der Waals surface area contributed by atoms with Crippen LogP contribution >= 0.6 is 0 Å². The second-order valence-corrected chi connectivity index (χ2v) is 7.53. The first-order valence-electron chi connectivity index (χ1n) is 10.3. The molecule has 0 bridgehead atoms. The van der Waals surface area contributed by atoms with Crippen molar-refractivity contribution in [2.45, 2.75) is 31.5 Å². The number of nitro benzene ring substituents is 1. The van der Waals surface area contributed by atoms with Gasteiger partial charge >= 0.3 is 0 Å². The van der Waals surface area contributed by atoms with Gasteiger partial charge in [-0.1, -0.05) is 24.3 Å². The Kier molecular flexibility index (Phi) is 9.67. The van der Waals surface area contributed by atoms with E-state index in [4.69, 9.17) is 10.8 Å². The number of nitrogen functional groups attached to an aromatic ring is 1.